The molecule has 1 saturated heterocycles. The van der Waals surface area contributed by atoms with Crippen LogP contribution in [0.3, 0.4) is 0 Å². The van der Waals surface area contributed by atoms with E-state index in [1.807, 2.05) is 11.8 Å². The molecule has 1 aliphatic rings. The summed E-state index contributed by atoms with van der Waals surface area (Å²) in [6.45, 7) is 0. The Morgan fingerprint density at radius 3 is 2.89 bits per heavy atom. The number of hydrogen-bond acceptors (Lipinski definition) is 3. The first-order chi connectivity index (χ1) is 8.74. The summed E-state index contributed by atoms with van der Waals surface area (Å²) in [7, 11) is 0. The molecule has 1 atom stereocenters. The third-order valence-electron chi connectivity index (χ3n) is 3.30. The highest BCUT2D eigenvalue weighted by Gasteiger charge is 2.17. The lowest BCUT2D eigenvalue weighted by atomic mass is 10.0. The van der Waals surface area contributed by atoms with E-state index in [2.05, 4.69) is 18.2 Å². The summed E-state index contributed by atoms with van der Waals surface area (Å²) in [5.41, 5.74) is 1.35. The van der Waals surface area contributed by atoms with Gasteiger partial charge in [-0.25, -0.2) is 4.79 Å². The van der Waals surface area contributed by atoms with Crippen LogP contribution in [-0.4, -0.2) is 16.8 Å². The van der Waals surface area contributed by atoms with Crippen molar-refractivity contribution in [1.29, 1.82) is 0 Å². The van der Waals surface area contributed by atoms with Gasteiger partial charge in [0.05, 0.1) is 0 Å². The zero-order chi connectivity index (χ0) is 12.5. The fourth-order valence-electron chi connectivity index (χ4n) is 2.37. The molecule has 2 heterocycles. The fourth-order valence-corrected chi connectivity index (χ4v) is 4.58. The molecule has 94 valence electrons. The van der Waals surface area contributed by atoms with E-state index >= 15 is 0 Å². The highest BCUT2D eigenvalue weighted by atomic mass is 32.2. The molecule has 1 fully saturated rings. The first kappa shape index (κ1) is 12.1. The smallest absolute Gasteiger partial charge is 0.345 e. The average molecular weight is 278 g/mol. The first-order valence-electron chi connectivity index (χ1n) is 6.12. The fraction of sp³-hybridized carbons (Fsp3) is 0.357. The van der Waals surface area contributed by atoms with Crippen LogP contribution in [0.4, 0.5) is 0 Å². The van der Waals surface area contributed by atoms with Gasteiger partial charge in [0.2, 0.25) is 0 Å². The zero-order valence-electron chi connectivity index (χ0n) is 9.89. The van der Waals surface area contributed by atoms with Crippen LogP contribution in [0.5, 0.6) is 0 Å². The van der Waals surface area contributed by atoms with Crippen molar-refractivity contribution in [1.82, 2.24) is 0 Å². The van der Waals surface area contributed by atoms with E-state index in [9.17, 15) is 4.79 Å². The van der Waals surface area contributed by atoms with Gasteiger partial charge in [0, 0.05) is 9.95 Å². The van der Waals surface area contributed by atoms with Gasteiger partial charge in [-0.05, 0) is 47.7 Å². The summed E-state index contributed by atoms with van der Waals surface area (Å²) < 4.78 is 1.07. The van der Waals surface area contributed by atoms with Crippen LogP contribution < -0.4 is 0 Å². The zero-order valence-corrected chi connectivity index (χ0v) is 11.5. The van der Waals surface area contributed by atoms with Gasteiger partial charge in [-0.3, -0.25) is 0 Å². The molecule has 0 spiro atoms. The SMILES string of the molecule is O=C(O)c1cc2cc(C3CCCCS3)ccc2s1. The van der Waals surface area contributed by atoms with Crippen molar-refractivity contribution in [2.45, 2.75) is 24.5 Å². The minimum absolute atomic E-state index is 0.429. The van der Waals surface area contributed by atoms with Gasteiger partial charge < -0.3 is 5.11 Å². The van der Waals surface area contributed by atoms with Gasteiger partial charge in [0.25, 0.3) is 0 Å². The number of carbonyl (C=O) groups is 1. The van der Waals surface area contributed by atoms with E-state index in [1.54, 1.807) is 6.07 Å². The predicted octanol–water partition coefficient (Wildman–Crippen LogP) is 4.56. The van der Waals surface area contributed by atoms with Gasteiger partial charge in [-0.2, -0.15) is 11.8 Å². The molecule has 1 N–H and O–H groups in total. The Hall–Kier alpha value is -1.00. The van der Waals surface area contributed by atoms with E-state index in [1.165, 1.54) is 41.9 Å². The van der Waals surface area contributed by atoms with Gasteiger partial charge in [-0.1, -0.05) is 12.5 Å². The van der Waals surface area contributed by atoms with Gasteiger partial charge in [-0.15, -0.1) is 11.3 Å². The number of carboxylic acids is 1. The molecule has 1 unspecified atom stereocenters. The maximum absolute atomic E-state index is 11.0. The second kappa shape index (κ2) is 4.94. The Kier molecular flexibility index (Phi) is 3.31. The van der Waals surface area contributed by atoms with E-state index in [-0.39, 0.29) is 0 Å². The maximum atomic E-state index is 11.0. The van der Waals surface area contributed by atoms with E-state index in [0.29, 0.717) is 10.1 Å². The number of thiophene rings is 1. The molecule has 18 heavy (non-hydrogen) atoms. The van der Waals surface area contributed by atoms with Crippen molar-refractivity contribution in [3.8, 4) is 0 Å². The van der Waals surface area contributed by atoms with Gasteiger partial charge in [0.15, 0.2) is 0 Å². The number of hydrogen-bond donors (Lipinski definition) is 1. The number of aromatic carboxylic acids is 1. The highest BCUT2D eigenvalue weighted by molar-refractivity contribution is 7.99. The van der Waals surface area contributed by atoms with Crippen LogP contribution in [0.1, 0.15) is 39.7 Å². The standard InChI is InChI=1S/C14H14O2S2/c15-14(16)13-8-10-7-9(4-5-12(10)18-13)11-3-1-2-6-17-11/h4-5,7-8,11H,1-3,6H2,(H,15,16). The Morgan fingerprint density at radius 2 is 2.17 bits per heavy atom. The normalized spacial score (nSPS) is 20.1. The lowest BCUT2D eigenvalue weighted by molar-refractivity contribution is 0.0702. The van der Waals surface area contributed by atoms with Crippen molar-refractivity contribution in [3.63, 3.8) is 0 Å². The summed E-state index contributed by atoms with van der Waals surface area (Å²) in [6.07, 6.45) is 3.87. The van der Waals surface area contributed by atoms with Crippen molar-refractivity contribution in [2.24, 2.45) is 0 Å². The predicted molar refractivity (Wildman–Crippen MR) is 77.8 cm³/mol. The highest BCUT2D eigenvalue weighted by Crippen LogP contribution is 2.39. The first-order valence-corrected chi connectivity index (χ1v) is 7.99. The van der Waals surface area contributed by atoms with Crippen molar-refractivity contribution in [3.05, 3.63) is 34.7 Å². The van der Waals surface area contributed by atoms with Gasteiger partial charge in [0.1, 0.15) is 4.88 Å². The molecular weight excluding hydrogens is 264 g/mol. The summed E-state index contributed by atoms with van der Waals surface area (Å²) in [5, 5.41) is 10.7. The Balaban J connectivity index is 1.96. The summed E-state index contributed by atoms with van der Waals surface area (Å²) in [4.78, 5) is 11.4. The minimum atomic E-state index is -0.829. The van der Waals surface area contributed by atoms with Crippen molar-refractivity contribution < 1.29 is 9.90 Å². The second-order valence-electron chi connectivity index (χ2n) is 4.57. The average Bonchev–Trinajstić information content (AvgIpc) is 2.82. The topological polar surface area (TPSA) is 37.3 Å². The Labute approximate surface area is 114 Å². The molecule has 4 heteroatoms. The van der Waals surface area contributed by atoms with Crippen molar-refractivity contribution in [2.75, 3.05) is 5.75 Å². The molecule has 1 aromatic carbocycles. The quantitative estimate of drug-likeness (QED) is 0.875. The summed E-state index contributed by atoms with van der Waals surface area (Å²) in [5.74, 6) is 0.414. The molecule has 2 nitrogen and oxygen atoms in total. The molecule has 0 amide bonds. The molecular formula is C14H14O2S2. The second-order valence-corrected chi connectivity index (χ2v) is 6.96. The van der Waals surface area contributed by atoms with Crippen LogP contribution in [0.2, 0.25) is 0 Å². The van der Waals surface area contributed by atoms with Crippen LogP contribution >= 0.6 is 23.1 Å². The van der Waals surface area contributed by atoms with Crippen LogP contribution in [0.25, 0.3) is 10.1 Å². The number of rotatable bonds is 2. The molecule has 3 rings (SSSR count). The number of benzene rings is 1. The van der Waals surface area contributed by atoms with Crippen LogP contribution in [0.15, 0.2) is 24.3 Å². The Morgan fingerprint density at radius 1 is 1.28 bits per heavy atom. The van der Waals surface area contributed by atoms with Crippen LogP contribution in [0, 0.1) is 0 Å². The number of fused-ring (bicyclic) bond motifs is 1. The molecule has 2 aromatic rings. The monoisotopic (exact) mass is 278 g/mol. The van der Waals surface area contributed by atoms with Crippen molar-refractivity contribution >= 4 is 39.2 Å². The molecule has 0 aliphatic carbocycles. The third kappa shape index (κ3) is 2.27. The lowest BCUT2D eigenvalue weighted by Crippen LogP contribution is -2.01. The molecule has 0 radical (unpaired) electrons. The number of carboxylic acid groups (broad SMARTS) is 1. The van der Waals surface area contributed by atoms with Crippen LogP contribution in [-0.2, 0) is 0 Å². The summed E-state index contributed by atoms with van der Waals surface area (Å²) >= 11 is 3.38. The molecule has 0 bridgehead atoms. The minimum Gasteiger partial charge on any atom is -0.477 e. The molecule has 1 aromatic heterocycles. The van der Waals surface area contributed by atoms with E-state index in [0.717, 1.165) is 10.1 Å². The lowest BCUT2D eigenvalue weighted by Gasteiger charge is -2.21. The molecule has 0 saturated carbocycles. The Bertz CT molecular complexity index is 582. The third-order valence-corrected chi connectivity index (χ3v) is 5.84. The number of thioether (sulfide) groups is 1. The van der Waals surface area contributed by atoms with E-state index in [4.69, 9.17) is 5.11 Å². The van der Waals surface area contributed by atoms with Gasteiger partial charge >= 0.3 is 5.97 Å². The van der Waals surface area contributed by atoms with E-state index < -0.39 is 5.97 Å². The largest absolute Gasteiger partial charge is 0.477 e. The molecule has 1 aliphatic heterocycles. The maximum Gasteiger partial charge on any atom is 0.345 e. The summed E-state index contributed by atoms with van der Waals surface area (Å²) in [6, 6.07) is 8.19.